The summed E-state index contributed by atoms with van der Waals surface area (Å²) in [6, 6.07) is 3.74. The molecule has 1 aromatic heterocycles. The predicted octanol–water partition coefficient (Wildman–Crippen LogP) is 3.55. The third kappa shape index (κ3) is 2.64. The second kappa shape index (κ2) is 5.61. The van der Waals surface area contributed by atoms with E-state index in [0.29, 0.717) is 23.0 Å². The number of hydrogen-bond acceptors (Lipinski definition) is 5. The van der Waals surface area contributed by atoms with Crippen molar-refractivity contribution in [2.75, 3.05) is 19.0 Å². The number of fused-ring (bicyclic) bond motifs is 1. The van der Waals surface area contributed by atoms with Crippen LogP contribution in [0, 0.1) is 0 Å². The average Bonchev–Trinajstić information content (AvgIpc) is 2.89. The van der Waals surface area contributed by atoms with Gasteiger partial charge in [-0.15, -0.1) is 0 Å². The molecule has 1 aromatic carbocycles. The van der Waals surface area contributed by atoms with Gasteiger partial charge in [0.2, 0.25) is 0 Å². The fourth-order valence-electron chi connectivity index (χ4n) is 2.23. The van der Waals surface area contributed by atoms with E-state index in [1.165, 1.54) is 11.3 Å². The second-order valence-electron chi connectivity index (χ2n) is 4.50. The molecule has 1 aliphatic rings. The van der Waals surface area contributed by atoms with Gasteiger partial charge in [0, 0.05) is 5.56 Å². The molecule has 1 amide bonds. The molecule has 2 aromatic rings. The van der Waals surface area contributed by atoms with Gasteiger partial charge in [-0.2, -0.15) is 0 Å². The molecule has 0 bridgehead atoms. The summed E-state index contributed by atoms with van der Waals surface area (Å²) in [5.41, 5.74) is 1.56. The number of thiazole rings is 1. The highest BCUT2D eigenvalue weighted by Gasteiger charge is 2.18. The number of rotatable bonds is 3. The number of nitrogens with zero attached hydrogens (tertiary/aromatic N) is 1. The van der Waals surface area contributed by atoms with E-state index >= 15 is 0 Å². The smallest absolute Gasteiger partial charge is 0.410 e. The van der Waals surface area contributed by atoms with Crippen LogP contribution in [0.5, 0.6) is 5.75 Å². The standard InChI is InChI=1S/C14H14N2O4S/c1-19-10-6-5-8(9-4-2-3-7-20-9)12-11(10)15-13(21-12)16-14(17)18/h4-6H,2-3,7H2,1H3,(H,15,16)(H,17,18). The van der Waals surface area contributed by atoms with Crippen LogP contribution in [0.4, 0.5) is 9.93 Å². The maximum absolute atomic E-state index is 10.8. The first-order valence-corrected chi connectivity index (χ1v) is 7.31. The van der Waals surface area contributed by atoms with Gasteiger partial charge in [-0.1, -0.05) is 11.3 Å². The highest BCUT2D eigenvalue weighted by Crippen LogP contribution is 2.38. The Balaban J connectivity index is 2.14. The number of anilines is 1. The van der Waals surface area contributed by atoms with E-state index in [1.54, 1.807) is 7.11 Å². The maximum Gasteiger partial charge on any atom is 0.410 e. The van der Waals surface area contributed by atoms with Gasteiger partial charge >= 0.3 is 6.09 Å². The molecular weight excluding hydrogens is 292 g/mol. The molecule has 0 unspecified atom stereocenters. The number of amides is 1. The summed E-state index contributed by atoms with van der Waals surface area (Å²) in [6.45, 7) is 0.693. The van der Waals surface area contributed by atoms with Crippen molar-refractivity contribution in [3.05, 3.63) is 23.8 Å². The molecule has 7 heteroatoms. The van der Waals surface area contributed by atoms with Crippen LogP contribution in [0.1, 0.15) is 18.4 Å². The molecule has 0 aliphatic carbocycles. The first-order chi connectivity index (χ1) is 10.2. The summed E-state index contributed by atoms with van der Waals surface area (Å²) in [5.74, 6) is 1.43. The topological polar surface area (TPSA) is 80.7 Å². The van der Waals surface area contributed by atoms with Crippen LogP contribution in [-0.4, -0.2) is 29.9 Å². The van der Waals surface area contributed by atoms with Crippen molar-refractivity contribution in [3.8, 4) is 5.75 Å². The van der Waals surface area contributed by atoms with Crippen LogP contribution in [0.15, 0.2) is 18.2 Å². The zero-order chi connectivity index (χ0) is 14.8. The lowest BCUT2D eigenvalue weighted by Crippen LogP contribution is -2.06. The van der Waals surface area contributed by atoms with E-state index < -0.39 is 6.09 Å². The quantitative estimate of drug-likeness (QED) is 0.906. The molecule has 6 nitrogen and oxygen atoms in total. The van der Waals surface area contributed by atoms with Crippen LogP contribution in [-0.2, 0) is 4.74 Å². The van der Waals surface area contributed by atoms with Crippen LogP contribution in [0.2, 0.25) is 0 Å². The molecular formula is C14H14N2O4S. The number of methoxy groups -OCH3 is 1. The SMILES string of the molecule is COc1ccc(C2=CCCCO2)c2sc(NC(=O)O)nc12. The van der Waals surface area contributed by atoms with Gasteiger partial charge in [-0.25, -0.2) is 9.78 Å². The minimum absolute atomic E-state index is 0.319. The number of aromatic nitrogens is 1. The first-order valence-electron chi connectivity index (χ1n) is 6.50. The summed E-state index contributed by atoms with van der Waals surface area (Å²) >= 11 is 1.27. The molecule has 21 heavy (non-hydrogen) atoms. The first kappa shape index (κ1) is 13.7. The zero-order valence-corrected chi connectivity index (χ0v) is 12.2. The van der Waals surface area contributed by atoms with E-state index in [9.17, 15) is 4.79 Å². The molecule has 0 saturated carbocycles. The normalized spacial score (nSPS) is 14.4. The molecule has 2 N–H and O–H groups in total. The molecule has 3 rings (SSSR count). The Labute approximate surface area is 125 Å². The monoisotopic (exact) mass is 306 g/mol. The number of hydrogen-bond donors (Lipinski definition) is 2. The van der Waals surface area contributed by atoms with Gasteiger partial charge < -0.3 is 14.6 Å². The zero-order valence-electron chi connectivity index (χ0n) is 11.4. The van der Waals surface area contributed by atoms with Crippen molar-refractivity contribution in [2.24, 2.45) is 0 Å². The Morgan fingerprint density at radius 2 is 2.38 bits per heavy atom. The van der Waals surface area contributed by atoms with Crippen molar-refractivity contribution < 1.29 is 19.4 Å². The molecule has 110 valence electrons. The van der Waals surface area contributed by atoms with Crippen molar-refractivity contribution >= 4 is 38.5 Å². The lowest BCUT2D eigenvalue weighted by atomic mass is 10.1. The van der Waals surface area contributed by atoms with Crippen LogP contribution in [0.25, 0.3) is 16.0 Å². The third-order valence-corrected chi connectivity index (χ3v) is 4.15. The Morgan fingerprint density at radius 3 is 3.05 bits per heavy atom. The molecule has 0 fully saturated rings. The van der Waals surface area contributed by atoms with E-state index in [1.807, 2.05) is 12.1 Å². The molecule has 0 radical (unpaired) electrons. The van der Waals surface area contributed by atoms with Crippen molar-refractivity contribution in [1.82, 2.24) is 4.98 Å². The molecule has 0 atom stereocenters. The number of carbonyl (C=O) groups is 1. The Morgan fingerprint density at radius 1 is 1.52 bits per heavy atom. The number of benzene rings is 1. The van der Waals surface area contributed by atoms with Crippen molar-refractivity contribution in [3.63, 3.8) is 0 Å². The predicted molar refractivity (Wildman–Crippen MR) is 81.0 cm³/mol. The number of allylic oxidation sites excluding steroid dienone is 1. The Bertz CT molecular complexity index is 723. The van der Waals surface area contributed by atoms with Gasteiger partial charge in [0.1, 0.15) is 17.0 Å². The van der Waals surface area contributed by atoms with Crippen LogP contribution < -0.4 is 10.1 Å². The van der Waals surface area contributed by atoms with Gasteiger partial charge in [-0.05, 0) is 31.1 Å². The van der Waals surface area contributed by atoms with Crippen LogP contribution in [0.3, 0.4) is 0 Å². The lowest BCUT2D eigenvalue weighted by molar-refractivity contribution is 0.209. The summed E-state index contributed by atoms with van der Waals surface area (Å²) in [6.07, 6.45) is 2.90. The van der Waals surface area contributed by atoms with Crippen molar-refractivity contribution in [2.45, 2.75) is 12.8 Å². The molecule has 0 spiro atoms. The summed E-state index contributed by atoms with van der Waals surface area (Å²) in [4.78, 5) is 15.1. The second-order valence-corrected chi connectivity index (χ2v) is 5.50. The number of nitrogens with one attached hydrogen (secondary N) is 1. The third-order valence-electron chi connectivity index (χ3n) is 3.14. The number of carboxylic acid groups (broad SMARTS) is 1. The van der Waals surface area contributed by atoms with Gasteiger partial charge in [-0.3, -0.25) is 5.32 Å². The highest BCUT2D eigenvalue weighted by atomic mass is 32.1. The lowest BCUT2D eigenvalue weighted by Gasteiger charge is -2.15. The summed E-state index contributed by atoms with van der Waals surface area (Å²) in [7, 11) is 1.56. The van der Waals surface area contributed by atoms with E-state index in [-0.39, 0.29) is 0 Å². The fourth-order valence-corrected chi connectivity index (χ4v) is 3.22. The minimum Gasteiger partial charge on any atom is -0.494 e. The molecule has 1 aliphatic heterocycles. The maximum atomic E-state index is 10.8. The largest absolute Gasteiger partial charge is 0.494 e. The van der Waals surface area contributed by atoms with Gasteiger partial charge in [0.05, 0.1) is 18.4 Å². The van der Waals surface area contributed by atoms with E-state index in [0.717, 1.165) is 28.9 Å². The summed E-state index contributed by atoms with van der Waals surface area (Å²) < 4.78 is 11.8. The molecule has 0 saturated heterocycles. The Kier molecular flexibility index (Phi) is 3.66. The number of ether oxygens (including phenoxy) is 2. The minimum atomic E-state index is -1.14. The van der Waals surface area contributed by atoms with Gasteiger partial charge in [0.15, 0.2) is 5.13 Å². The average molecular weight is 306 g/mol. The molecule has 2 heterocycles. The van der Waals surface area contributed by atoms with Crippen molar-refractivity contribution in [1.29, 1.82) is 0 Å². The Hall–Kier alpha value is -2.28. The summed E-state index contributed by atoms with van der Waals surface area (Å²) in [5, 5.41) is 11.4. The highest BCUT2D eigenvalue weighted by molar-refractivity contribution is 7.22. The van der Waals surface area contributed by atoms with E-state index in [2.05, 4.69) is 16.4 Å². The fraction of sp³-hybridized carbons (Fsp3) is 0.286. The van der Waals surface area contributed by atoms with E-state index in [4.69, 9.17) is 14.6 Å². The van der Waals surface area contributed by atoms with Crippen LogP contribution >= 0.6 is 11.3 Å². The van der Waals surface area contributed by atoms with Gasteiger partial charge in [0.25, 0.3) is 0 Å².